The highest BCUT2D eigenvalue weighted by atomic mass is 16.5. The summed E-state index contributed by atoms with van der Waals surface area (Å²) in [5, 5.41) is 10.5. The molecule has 5 nitrogen and oxygen atoms in total. The quantitative estimate of drug-likeness (QED) is 0.803. The molecular formula is C13H13NO4. The molecule has 0 aliphatic heterocycles. The largest absolute Gasteiger partial charge is 0.542 e. The van der Waals surface area contributed by atoms with E-state index in [0.717, 1.165) is 12.1 Å². The zero-order valence-electron chi connectivity index (χ0n) is 9.72. The third-order valence-corrected chi connectivity index (χ3v) is 2.46. The number of benzene rings is 1. The molecule has 0 fully saturated rings. The molecule has 0 spiro atoms. The minimum atomic E-state index is -1.33. The SMILES string of the molecule is [NH3+]Cc1ccc(OCc2ccc(C(=O)[O-])o2)cc1. The van der Waals surface area contributed by atoms with Crippen LogP contribution >= 0.6 is 0 Å². The number of carbonyl (C=O) groups is 1. The van der Waals surface area contributed by atoms with E-state index in [9.17, 15) is 9.90 Å². The summed E-state index contributed by atoms with van der Waals surface area (Å²) in [5.74, 6) is -0.393. The Labute approximate surface area is 104 Å². The van der Waals surface area contributed by atoms with Crippen LogP contribution in [-0.4, -0.2) is 5.97 Å². The molecule has 3 N–H and O–H groups in total. The van der Waals surface area contributed by atoms with Crippen molar-refractivity contribution in [1.82, 2.24) is 0 Å². The van der Waals surface area contributed by atoms with Gasteiger partial charge in [0.15, 0.2) is 0 Å². The molecule has 1 aromatic heterocycles. The Balaban J connectivity index is 1.95. The number of furan rings is 1. The van der Waals surface area contributed by atoms with Gasteiger partial charge in [-0.1, -0.05) is 0 Å². The van der Waals surface area contributed by atoms with E-state index < -0.39 is 5.97 Å². The van der Waals surface area contributed by atoms with Crippen molar-refractivity contribution in [3.63, 3.8) is 0 Å². The van der Waals surface area contributed by atoms with Gasteiger partial charge in [-0.2, -0.15) is 0 Å². The molecule has 1 heterocycles. The van der Waals surface area contributed by atoms with Crippen molar-refractivity contribution in [1.29, 1.82) is 0 Å². The van der Waals surface area contributed by atoms with Crippen molar-refractivity contribution in [3.8, 4) is 5.75 Å². The molecule has 0 unspecified atom stereocenters. The second-order valence-corrected chi connectivity index (χ2v) is 3.74. The van der Waals surface area contributed by atoms with Gasteiger partial charge in [0.05, 0.1) is 6.54 Å². The number of hydrogen-bond acceptors (Lipinski definition) is 4. The first-order valence-electron chi connectivity index (χ1n) is 5.50. The Morgan fingerprint density at radius 3 is 2.50 bits per heavy atom. The van der Waals surface area contributed by atoms with Crippen molar-refractivity contribution in [2.75, 3.05) is 0 Å². The minimum Gasteiger partial charge on any atom is -0.542 e. The van der Waals surface area contributed by atoms with E-state index in [1.54, 1.807) is 6.07 Å². The molecule has 2 aromatic rings. The summed E-state index contributed by atoms with van der Waals surface area (Å²) >= 11 is 0. The monoisotopic (exact) mass is 247 g/mol. The summed E-state index contributed by atoms with van der Waals surface area (Å²) in [5.41, 5.74) is 4.91. The molecule has 0 amide bonds. The zero-order chi connectivity index (χ0) is 13.0. The molecule has 18 heavy (non-hydrogen) atoms. The van der Waals surface area contributed by atoms with Crippen LogP contribution in [0.25, 0.3) is 0 Å². The fourth-order valence-corrected chi connectivity index (χ4v) is 1.47. The second-order valence-electron chi connectivity index (χ2n) is 3.74. The van der Waals surface area contributed by atoms with Crippen LogP contribution in [-0.2, 0) is 13.2 Å². The molecule has 1 aromatic carbocycles. The van der Waals surface area contributed by atoms with Gasteiger partial charge in [0, 0.05) is 5.56 Å². The maximum atomic E-state index is 10.5. The third kappa shape index (κ3) is 2.89. The zero-order valence-corrected chi connectivity index (χ0v) is 9.72. The maximum Gasteiger partial charge on any atom is 0.149 e. The highest BCUT2D eigenvalue weighted by Crippen LogP contribution is 2.15. The van der Waals surface area contributed by atoms with Crippen molar-refractivity contribution in [2.45, 2.75) is 13.2 Å². The van der Waals surface area contributed by atoms with E-state index in [1.165, 1.54) is 6.07 Å². The average Bonchev–Trinajstić information content (AvgIpc) is 2.86. The lowest BCUT2D eigenvalue weighted by Crippen LogP contribution is -2.47. The summed E-state index contributed by atoms with van der Waals surface area (Å²) in [6.45, 7) is 0.907. The molecule has 0 saturated carbocycles. The smallest absolute Gasteiger partial charge is 0.149 e. The van der Waals surface area contributed by atoms with Crippen LogP contribution in [0.2, 0.25) is 0 Å². The predicted octanol–water partition coefficient (Wildman–Crippen LogP) is -0.0360. The number of carboxylic acids is 1. The lowest BCUT2D eigenvalue weighted by molar-refractivity contribution is -0.386. The lowest BCUT2D eigenvalue weighted by Gasteiger charge is -2.04. The van der Waals surface area contributed by atoms with Gasteiger partial charge in [-0.15, -0.1) is 0 Å². The van der Waals surface area contributed by atoms with Gasteiger partial charge in [0.2, 0.25) is 0 Å². The highest BCUT2D eigenvalue weighted by Gasteiger charge is 2.03. The normalized spacial score (nSPS) is 10.3. The Hall–Kier alpha value is -2.27. The lowest BCUT2D eigenvalue weighted by atomic mass is 10.2. The van der Waals surface area contributed by atoms with Crippen molar-refractivity contribution in [2.24, 2.45) is 0 Å². The predicted molar refractivity (Wildman–Crippen MR) is 60.4 cm³/mol. The fourth-order valence-electron chi connectivity index (χ4n) is 1.47. The molecule has 5 heteroatoms. The Morgan fingerprint density at radius 1 is 1.22 bits per heavy atom. The summed E-state index contributed by atoms with van der Waals surface area (Å²) in [7, 11) is 0. The number of quaternary nitrogens is 1. The average molecular weight is 247 g/mol. The van der Waals surface area contributed by atoms with Gasteiger partial charge in [-0.25, -0.2) is 0 Å². The third-order valence-electron chi connectivity index (χ3n) is 2.46. The van der Waals surface area contributed by atoms with Crippen LogP contribution in [0.1, 0.15) is 21.9 Å². The Bertz CT molecular complexity index is 530. The number of ether oxygens (including phenoxy) is 1. The summed E-state index contributed by atoms with van der Waals surface area (Å²) in [4.78, 5) is 10.5. The fraction of sp³-hybridized carbons (Fsp3) is 0.154. The molecule has 0 bridgehead atoms. The van der Waals surface area contributed by atoms with Crippen LogP contribution in [0.3, 0.4) is 0 Å². The first-order valence-corrected chi connectivity index (χ1v) is 5.50. The van der Waals surface area contributed by atoms with E-state index in [-0.39, 0.29) is 12.4 Å². The van der Waals surface area contributed by atoms with Crippen molar-refractivity contribution >= 4 is 5.97 Å². The van der Waals surface area contributed by atoms with Gasteiger partial charge in [-0.05, 0) is 36.4 Å². The standard InChI is InChI=1S/C13H13NO4/c14-7-9-1-3-10(4-2-9)17-8-11-5-6-12(18-11)13(15)16/h1-6H,7-8,14H2,(H,15,16). The number of carboxylic acid groups (broad SMARTS) is 1. The molecule has 0 aliphatic carbocycles. The molecule has 94 valence electrons. The Morgan fingerprint density at radius 2 is 1.94 bits per heavy atom. The number of carbonyl (C=O) groups excluding carboxylic acids is 1. The topological polar surface area (TPSA) is 90.1 Å². The maximum absolute atomic E-state index is 10.5. The van der Waals surface area contributed by atoms with E-state index in [1.807, 2.05) is 24.3 Å². The molecule has 2 rings (SSSR count). The molecule has 0 saturated heterocycles. The Kier molecular flexibility index (Phi) is 3.64. The van der Waals surface area contributed by atoms with Gasteiger partial charge in [0.1, 0.15) is 29.8 Å². The van der Waals surface area contributed by atoms with E-state index in [0.29, 0.717) is 11.5 Å². The summed E-state index contributed by atoms with van der Waals surface area (Å²) < 4.78 is 10.5. The van der Waals surface area contributed by atoms with Crippen LogP contribution in [0, 0.1) is 0 Å². The second kappa shape index (κ2) is 5.37. The van der Waals surface area contributed by atoms with Crippen LogP contribution in [0.4, 0.5) is 0 Å². The van der Waals surface area contributed by atoms with Gasteiger partial charge in [-0.3, -0.25) is 0 Å². The highest BCUT2D eigenvalue weighted by molar-refractivity contribution is 5.82. The first-order chi connectivity index (χ1) is 8.69. The van der Waals surface area contributed by atoms with Gasteiger partial charge < -0.3 is 24.8 Å². The molecular weight excluding hydrogens is 234 g/mol. The molecule has 0 aliphatic rings. The summed E-state index contributed by atoms with van der Waals surface area (Å²) in [6, 6.07) is 10.4. The van der Waals surface area contributed by atoms with Crippen LogP contribution in [0.5, 0.6) is 5.75 Å². The summed E-state index contributed by atoms with van der Waals surface area (Å²) in [6.07, 6.45) is 0. The first kappa shape index (κ1) is 12.2. The minimum absolute atomic E-state index is 0.178. The van der Waals surface area contributed by atoms with E-state index in [4.69, 9.17) is 9.15 Å². The molecule has 0 atom stereocenters. The molecule has 0 radical (unpaired) electrons. The number of rotatable bonds is 5. The number of aromatic carboxylic acids is 1. The van der Waals surface area contributed by atoms with Crippen LogP contribution < -0.4 is 15.6 Å². The van der Waals surface area contributed by atoms with E-state index >= 15 is 0 Å². The number of hydrogen-bond donors (Lipinski definition) is 1. The van der Waals surface area contributed by atoms with Crippen molar-refractivity contribution in [3.05, 3.63) is 53.5 Å². The van der Waals surface area contributed by atoms with Crippen molar-refractivity contribution < 1.29 is 24.8 Å². The van der Waals surface area contributed by atoms with E-state index in [2.05, 4.69) is 5.73 Å². The van der Waals surface area contributed by atoms with Gasteiger partial charge >= 0.3 is 0 Å². The van der Waals surface area contributed by atoms with Crippen LogP contribution in [0.15, 0.2) is 40.8 Å². The van der Waals surface area contributed by atoms with Gasteiger partial charge in [0.25, 0.3) is 0 Å².